The second kappa shape index (κ2) is 4.76. The fourth-order valence-electron chi connectivity index (χ4n) is 2.53. The molecule has 3 nitrogen and oxygen atoms in total. The molecule has 2 aromatic rings. The van der Waals surface area contributed by atoms with Gasteiger partial charge in [0.25, 0.3) is 0 Å². The minimum absolute atomic E-state index is 0.00593. The van der Waals surface area contributed by atoms with E-state index in [1.54, 1.807) is 7.11 Å². The van der Waals surface area contributed by atoms with Crippen molar-refractivity contribution in [3.63, 3.8) is 0 Å². The van der Waals surface area contributed by atoms with Crippen LogP contribution in [-0.4, -0.2) is 13.1 Å². The van der Waals surface area contributed by atoms with Gasteiger partial charge in [-0.2, -0.15) is 0 Å². The summed E-state index contributed by atoms with van der Waals surface area (Å²) in [6.45, 7) is 0. The van der Waals surface area contributed by atoms with Crippen LogP contribution in [0.2, 0.25) is 0 Å². The second-order valence-corrected chi connectivity index (χ2v) is 4.51. The number of methoxy groups -OCH3 is 1. The molecule has 0 saturated carbocycles. The quantitative estimate of drug-likeness (QED) is 0.610. The van der Waals surface area contributed by atoms with E-state index in [0.29, 0.717) is 12.2 Å². The van der Waals surface area contributed by atoms with Crippen molar-refractivity contribution < 1.29 is 14.3 Å². The maximum absolute atomic E-state index is 11.7. The van der Waals surface area contributed by atoms with Crippen molar-refractivity contribution in [1.29, 1.82) is 0 Å². The average molecular weight is 254 g/mol. The number of benzene rings is 2. The van der Waals surface area contributed by atoms with Crippen LogP contribution in [0.15, 0.2) is 48.5 Å². The number of hydrogen-bond acceptors (Lipinski definition) is 3. The van der Waals surface area contributed by atoms with Gasteiger partial charge in [0, 0.05) is 17.0 Å². The number of para-hydroxylation sites is 2. The smallest absolute Gasteiger partial charge is 0.312 e. The standard InChI is InChI=1S/C16H14O3/c1-18-14-8-4-2-6-11(14)13-10-16(17)19-15-9-5-3-7-12(13)15/h2-9,13H,10H2,1H3. The Morgan fingerprint density at radius 1 is 1.05 bits per heavy atom. The van der Waals surface area contributed by atoms with Crippen molar-refractivity contribution in [2.75, 3.05) is 7.11 Å². The first kappa shape index (κ1) is 11.8. The van der Waals surface area contributed by atoms with E-state index in [1.165, 1.54) is 0 Å². The van der Waals surface area contributed by atoms with E-state index in [1.807, 2.05) is 48.5 Å². The Balaban J connectivity index is 2.13. The highest BCUT2D eigenvalue weighted by atomic mass is 16.5. The number of ether oxygens (including phenoxy) is 2. The van der Waals surface area contributed by atoms with Crippen molar-refractivity contribution in [2.45, 2.75) is 12.3 Å². The monoisotopic (exact) mass is 254 g/mol. The van der Waals surface area contributed by atoms with Crippen LogP contribution in [0.5, 0.6) is 11.5 Å². The Bertz CT molecular complexity index is 619. The Kier molecular flexibility index (Phi) is 2.95. The van der Waals surface area contributed by atoms with E-state index >= 15 is 0 Å². The van der Waals surface area contributed by atoms with Crippen molar-refractivity contribution in [3.8, 4) is 11.5 Å². The summed E-state index contributed by atoms with van der Waals surface area (Å²) >= 11 is 0. The molecule has 1 heterocycles. The molecule has 1 unspecified atom stereocenters. The van der Waals surface area contributed by atoms with Crippen LogP contribution >= 0.6 is 0 Å². The van der Waals surface area contributed by atoms with Crippen LogP contribution < -0.4 is 9.47 Å². The molecule has 0 spiro atoms. The molecule has 3 heteroatoms. The Labute approximate surface area is 111 Å². The van der Waals surface area contributed by atoms with Crippen molar-refractivity contribution in [1.82, 2.24) is 0 Å². The third-order valence-electron chi connectivity index (χ3n) is 3.40. The Hall–Kier alpha value is -2.29. The van der Waals surface area contributed by atoms with Crippen molar-refractivity contribution >= 4 is 5.97 Å². The Morgan fingerprint density at radius 3 is 2.53 bits per heavy atom. The summed E-state index contributed by atoms with van der Waals surface area (Å²) in [6.07, 6.45) is 0.345. The summed E-state index contributed by atoms with van der Waals surface area (Å²) in [6, 6.07) is 15.5. The molecule has 2 aromatic carbocycles. The fourth-order valence-corrected chi connectivity index (χ4v) is 2.53. The van der Waals surface area contributed by atoms with Crippen LogP contribution in [0.1, 0.15) is 23.5 Å². The van der Waals surface area contributed by atoms with Crippen LogP contribution in [-0.2, 0) is 4.79 Å². The number of rotatable bonds is 2. The zero-order valence-corrected chi connectivity index (χ0v) is 10.6. The molecule has 0 saturated heterocycles. The molecule has 3 rings (SSSR count). The third kappa shape index (κ3) is 2.08. The van der Waals surface area contributed by atoms with E-state index in [4.69, 9.17) is 9.47 Å². The Morgan fingerprint density at radius 2 is 1.74 bits per heavy atom. The van der Waals surface area contributed by atoms with E-state index in [-0.39, 0.29) is 11.9 Å². The van der Waals surface area contributed by atoms with E-state index in [9.17, 15) is 4.79 Å². The SMILES string of the molecule is COc1ccccc1C1CC(=O)Oc2ccccc21. The van der Waals surface area contributed by atoms with Gasteiger partial charge in [0.15, 0.2) is 0 Å². The van der Waals surface area contributed by atoms with Gasteiger partial charge in [0.1, 0.15) is 11.5 Å². The summed E-state index contributed by atoms with van der Waals surface area (Å²) in [5.41, 5.74) is 2.06. The predicted molar refractivity (Wildman–Crippen MR) is 71.5 cm³/mol. The molecule has 19 heavy (non-hydrogen) atoms. The maximum Gasteiger partial charge on any atom is 0.312 e. The van der Waals surface area contributed by atoms with Gasteiger partial charge in [0.05, 0.1) is 13.5 Å². The number of carbonyl (C=O) groups excluding carboxylic acids is 1. The number of esters is 1. The van der Waals surface area contributed by atoms with Gasteiger partial charge in [-0.15, -0.1) is 0 Å². The minimum atomic E-state index is -0.199. The summed E-state index contributed by atoms with van der Waals surface area (Å²) in [4.78, 5) is 11.7. The topological polar surface area (TPSA) is 35.5 Å². The number of fused-ring (bicyclic) bond motifs is 1. The van der Waals surface area contributed by atoms with Crippen LogP contribution in [0.4, 0.5) is 0 Å². The van der Waals surface area contributed by atoms with Gasteiger partial charge in [0.2, 0.25) is 0 Å². The molecule has 0 N–H and O–H groups in total. The first-order valence-corrected chi connectivity index (χ1v) is 6.22. The van der Waals surface area contributed by atoms with Crippen molar-refractivity contribution in [2.24, 2.45) is 0 Å². The van der Waals surface area contributed by atoms with Gasteiger partial charge >= 0.3 is 5.97 Å². The summed E-state index contributed by atoms with van der Waals surface area (Å²) < 4.78 is 10.7. The molecule has 0 aromatic heterocycles. The highest BCUT2D eigenvalue weighted by Crippen LogP contribution is 2.41. The molecular weight excluding hydrogens is 240 g/mol. The first-order valence-electron chi connectivity index (χ1n) is 6.22. The normalized spacial score (nSPS) is 17.5. The maximum atomic E-state index is 11.7. The first-order chi connectivity index (χ1) is 9.29. The van der Waals surface area contributed by atoms with E-state index < -0.39 is 0 Å². The van der Waals surface area contributed by atoms with Crippen LogP contribution in [0.25, 0.3) is 0 Å². The molecule has 1 aliphatic rings. The van der Waals surface area contributed by atoms with Crippen molar-refractivity contribution in [3.05, 3.63) is 59.7 Å². The van der Waals surface area contributed by atoms with Gasteiger partial charge in [-0.25, -0.2) is 0 Å². The highest BCUT2D eigenvalue weighted by Gasteiger charge is 2.29. The predicted octanol–water partition coefficient (Wildman–Crippen LogP) is 3.14. The molecule has 0 amide bonds. The lowest BCUT2D eigenvalue weighted by Gasteiger charge is -2.25. The second-order valence-electron chi connectivity index (χ2n) is 4.51. The van der Waals surface area contributed by atoms with E-state index in [0.717, 1.165) is 16.9 Å². The minimum Gasteiger partial charge on any atom is -0.496 e. The molecular formula is C16H14O3. The lowest BCUT2D eigenvalue weighted by Crippen LogP contribution is -2.21. The lowest BCUT2D eigenvalue weighted by atomic mass is 9.86. The highest BCUT2D eigenvalue weighted by molar-refractivity contribution is 5.78. The van der Waals surface area contributed by atoms with Gasteiger partial charge in [-0.05, 0) is 12.1 Å². The largest absolute Gasteiger partial charge is 0.496 e. The van der Waals surface area contributed by atoms with Crippen LogP contribution in [0, 0.1) is 0 Å². The number of carbonyl (C=O) groups is 1. The molecule has 0 fully saturated rings. The molecule has 1 aliphatic heterocycles. The van der Waals surface area contributed by atoms with Gasteiger partial charge in [-0.3, -0.25) is 4.79 Å². The number of hydrogen-bond donors (Lipinski definition) is 0. The third-order valence-corrected chi connectivity index (χ3v) is 3.40. The lowest BCUT2D eigenvalue weighted by molar-refractivity contribution is -0.135. The summed E-state index contributed by atoms with van der Waals surface area (Å²) in [5.74, 6) is 1.25. The summed E-state index contributed by atoms with van der Waals surface area (Å²) in [7, 11) is 1.64. The molecule has 0 radical (unpaired) electrons. The van der Waals surface area contributed by atoms with Gasteiger partial charge < -0.3 is 9.47 Å². The summed E-state index contributed by atoms with van der Waals surface area (Å²) in [5, 5.41) is 0. The molecule has 0 bridgehead atoms. The molecule has 96 valence electrons. The zero-order chi connectivity index (χ0) is 13.2. The fraction of sp³-hybridized carbons (Fsp3) is 0.188. The zero-order valence-electron chi connectivity index (χ0n) is 10.6. The van der Waals surface area contributed by atoms with E-state index in [2.05, 4.69) is 0 Å². The van der Waals surface area contributed by atoms with Crippen LogP contribution in [0.3, 0.4) is 0 Å². The van der Waals surface area contributed by atoms with Gasteiger partial charge in [-0.1, -0.05) is 36.4 Å². The molecule has 1 atom stereocenters. The average Bonchev–Trinajstić information content (AvgIpc) is 2.46. The molecule has 0 aliphatic carbocycles.